The topological polar surface area (TPSA) is 36.3 Å². The van der Waals surface area contributed by atoms with E-state index in [1.54, 1.807) is 18.2 Å². The van der Waals surface area contributed by atoms with Gasteiger partial charge in [-0.15, -0.1) is 0 Å². The van der Waals surface area contributed by atoms with Crippen molar-refractivity contribution in [2.45, 2.75) is 19.6 Å². The van der Waals surface area contributed by atoms with E-state index in [1.807, 2.05) is 13.0 Å². The van der Waals surface area contributed by atoms with E-state index in [-0.39, 0.29) is 13.2 Å². The fourth-order valence-electron chi connectivity index (χ4n) is 1.73. The van der Waals surface area contributed by atoms with Crippen LogP contribution in [0.15, 0.2) is 36.5 Å². The number of rotatable bonds is 6. The van der Waals surface area contributed by atoms with Gasteiger partial charge in [0.15, 0.2) is 17.2 Å². The second-order valence-corrected chi connectivity index (χ2v) is 4.19. The zero-order valence-electron chi connectivity index (χ0n) is 11.4. The van der Waals surface area contributed by atoms with Crippen LogP contribution < -0.4 is 9.47 Å². The molecule has 0 saturated heterocycles. The van der Waals surface area contributed by atoms with Gasteiger partial charge in [-0.1, -0.05) is 12.1 Å². The molecule has 0 amide bonds. The lowest BCUT2D eigenvalue weighted by Gasteiger charge is -2.11. The van der Waals surface area contributed by atoms with E-state index in [4.69, 9.17) is 9.47 Å². The van der Waals surface area contributed by atoms with Crippen molar-refractivity contribution in [2.24, 2.45) is 0 Å². The van der Waals surface area contributed by atoms with Crippen LogP contribution in [0.25, 0.3) is 0 Å². The number of hydrogen-bond acceptors (Lipinski definition) is 3. The Balaban J connectivity index is 1.91. The number of halogens is 3. The standard InChI is InChI=1S/C14H15F3N2O2/c1-2-20-11-5-3-4-6-12(11)21-10-9-19-8-7-13(18-19)14(15,16)17/h3-8H,2,9-10H2,1H3. The Bertz CT molecular complexity index is 582. The van der Waals surface area contributed by atoms with E-state index in [0.717, 1.165) is 6.07 Å². The van der Waals surface area contributed by atoms with Crippen molar-refractivity contribution in [3.63, 3.8) is 0 Å². The third-order valence-corrected chi connectivity index (χ3v) is 2.66. The van der Waals surface area contributed by atoms with Crippen molar-refractivity contribution in [3.8, 4) is 11.5 Å². The number of nitrogens with zero attached hydrogens (tertiary/aromatic N) is 2. The molecular weight excluding hydrogens is 285 g/mol. The molecule has 21 heavy (non-hydrogen) atoms. The average Bonchev–Trinajstić information content (AvgIpc) is 2.90. The lowest BCUT2D eigenvalue weighted by atomic mass is 10.3. The summed E-state index contributed by atoms with van der Waals surface area (Å²) in [7, 11) is 0. The Morgan fingerprint density at radius 2 is 1.76 bits per heavy atom. The zero-order valence-corrected chi connectivity index (χ0v) is 11.4. The van der Waals surface area contributed by atoms with Gasteiger partial charge in [0.05, 0.1) is 13.2 Å². The normalized spacial score (nSPS) is 11.4. The lowest BCUT2D eigenvalue weighted by Crippen LogP contribution is -2.12. The molecule has 4 nitrogen and oxygen atoms in total. The van der Waals surface area contributed by atoms with Gasteiger partial charge < -0.3 is 9.47 Å². The molecule has 2 aromatic rings. The largest absolute Gasteiger partial charge is 0.490 e. The molecule has 1 heterocycles. The summed E-state index contributed by atoms with van der Waals surface area (Å²) < 4.78 is 49.3. The molecule has 0 spiro atoms. The third kappa shape index (κ3) is 4.14. The van der Waals surface area contributed by atoms with Gasteiger partial charge in [-0.25, -0.2) is 0 Å². The smallest absolute Gasteiger partial charge is 0.435 e. The van der Waals surface area contributed by atoms with Crippen molar-refractivity contribution in [1.29, 1.82) is 0 Å². The second-order valence-electron chi connectivity index (χ2n) is 4.19. The van der Waals surface area contributed by atoms with Gasteiger partial charge in [0, 0.05) is 6.20 Å². The predicted octanol–water partition coefficient (Wildman–Crippen LogP) is 3.38. The molecule has 7 heteroatoms. The highest BCUT2D eigenvalue weighted by atomic mass is 19.4. The number of hydrogen-bond donors (Lipinski definition) is 0. The fourth-order valence-corrected chi connectivity index (χ4v) is 1.73. The molecule has 0 N–H and O–H groups in total. The molecule has 0 saturated carbocycles. The maximum atomic E-state index is 12.4. The van der Waals surface area contributed by atoms with Crippen LogP contribution in [-0.4, -0.2) is 23.0 Å². The van der Waals surface area contributed by atoms with Crippen LogP contribution in [0.3, 0.4) is 0 Å². The first-order chi connectivity index (χ1) is 10.0. The molecule has 0 aliphatic rings. The predicted molar refractivity (Wildman–Crippen MR) is 70.3 cm³/mol. The maximum Gasteiger partial charge on any atom is 0.435 e. The molecule has 0 radical (unpaired) electrons. The van der Waals surface area contributed by atoms with Crippen molar-refractivity contribution < 1.29 is 22.6 Å². The highest BCUT2D eigenvalue weighted by molar-refractivity contribution is 5.39. The molecule has 2 rings (SSSR count). The minimum absolute atomic E-state index is 0.197. The Morgan fingerprint density at radius 3 is 2.33 bits per heavy atom. The molecule has 1 aromatic heterocycles. The molecular formula is C14H15F3N2O2. The number of alkyl halides is 3. The minimum Gasteiger partial charge on any atom is -0.490 e. The highest BCUT2D eigenvalue weighted by Crippen LogP contribution is 2.28. The van der Waals surface area contributed by atoms with Crippen LogP contribution >= 0.6 is 0 Å². The van der Waals surface area contributed by atoms with Gasteiger partial charge in [-0.2, -0.15) is 18.3 Å². The molecule has 0 atom stereocenters. The molecule has 1 aromatic carbocycles. The SMILES string of the molecule is CCOc1ccccc1OCCn1ccc(C(F)(F)F)n1. The Morgan fingerprint density at radius 1 is 1.10 bits per heavy atom. The van der Waals surface area contributed by atoms with Gasteiger partial charge in [-0.05, 0) is 25.1 Å². The summed E-state index contributed by atoms with van der Waals surface area (Å²) in [5.41, 5.74) is -0.905. The van der Waals surface area contributed by atoms with E-state index >= 15 is 0 Å². The molecule has 0 unspecified atom stereocenters. The summed E-state index contributed by atoms with van der Waals surface area (Å²) in [5, 5.41) is 3.45. The van der Waals surface area contributed by atoms with Gasteiger partial charge in [0.2, 0.25) is 0 Å². The van der Waals surface area contributed by atoms with Crippen LogP contribution in [-0.2, 0) is 12.7 Å². The van der Waals surface area contributed by atoms with E-state index in [1.165, 1.54) is 10.9 Å². The molecule has 0 aliphatic carbocycles. The van der Waals surface area contributed by atoms with Gasteiger partial charge in [-0.3, -0.25) is 4.68 Å². The number of aromatic nitrogens is 2. The third-order valence-electron chi connectivity index (χ3n) is 2.66. The number of para-hydroxylation sites is 2. The lowest BCUT2D eigenvalue weighted by molar-refractivity contribution is -0.141. The van der Waals surface area contributed by atoms with Crippen molar-refractivity contribution in [1.82, 2.24) is 9.78 Å². The monoisotopic (exact) mass is 300 g/mol. The van der Waals surface area contributed by atoms with Crippen LogP contribution in [0, 0.1) is 0 Å². The number of ether oxygens (including phenoxy) is 2. The van der Waals surface area contributed by atoms with Gasteiger partial charge in [0.25, 0.3) is 0 Å². The molecule has 0 bridgehead atoms. The summed E-state index contributed by atoms with van der Waals surface area (Å²) in [6.07, 6.45) is -3.14. The van der Waals surface area contributed by atoms with Crippen molar-refractivity contribution >= 4 is 0 Å². The van der Waals surface area contributed by atoms with Crippen LogP contribution in [0.5, 0.6) is 11.5 Å². The molecule has 114 valence electrons. The quantitative estimate of drug-likeness (QED) is 0.820. The van der Waals surface area contributed by atoms with E-state index in [0.29, 0.717) is 18.1 Å². The first-order valence-corrected chi connectivity index (χ1v) is 6.46. The maximum absolute atomic E-state index is 12.4. The summed E-state index contributed by atoms with van der Waals surface area (Å²) in [6, 6.07) is 8.08. The van der Waals surface area contributed by atoms with E-state index in [2.05, 4.69) is 5.10 Å². The van der Waals surface area contributed by atoms with Crippen LogP contribution in [0.1, 0.15) is 12.6 Å². The van der Waals surface area contributed by atoms with Crippen molar-refractivity contribution in [3.05, 3.63) is 42.2 Å². The Hall–Kier alpha value is -2.18. The van der Waals surface area contributed by atoms with Crippen LogP contribution in [0.4, 0.5) is 13.2 Å². The molecule has 0 fully saturated rings. The molecule has 0 aliphatic heterocycles. The van der Waals surface area contributed by atoms with Gasteiger partial charge in [0.1, 0.15) is 6.61 Å². The summed E-state index contributed by atoms with van der Waals surface area (Å²) in [4.78, 5) is 0. The summed E-state index contributed by atoms with van der Waals surface area (Å²) in [5.74, 6) is 1.17. The average molecular weight is 300 g/mol. The zero-order chi connectivity index (χ0) is 15.3. The van der Waals surface area contributed by atoms with E-state index in [9.17, 15) is 13.2 Å². The number of benzene rings is 1. The first kappa shape index (κ1) is 15.2. The second kappa shape index (κ2) is 6.51. The summed E-state index contributed by atoms with van der Waals surface area (Å²) >= 11 is 0. The Labute approximate surface area is 120 Å². The summed E-state index contributed by atoms with van der Waals surface area (Å²) in [6.45, 7) is 2.78. The first-order valence-electron chi connectivity index (χ1n) is 6.46. The van der Waals surface area contributed by atoms with Gasteiger partial charge >= 0.3 is 6.18 Å². The fraction of sp³-hybridized carbons (Fsp3) is 0.357. The Kier molecular flexibility index (Phi) is 4.72. The van der Waals surface area contributed by atoms with Crippen LogP contribution in [0.2, 0.25) is 0 Å². The van der Waals surface area contributed by atoms with Crippen molar-refractivity contribution in [2.75, 3.05) is 13.2 Å². The highest BCUT2D eigenvalue weighted by Gasteiger charge is 2.33. The minimum atomic E-state index is -4.42. The van der Waals surface area contributed by atoms with E-state index < -0.39 is 11.9 Å².